The summed E-state index contributed by atoms with van der Waals surface area (Å²) in [4.78, 5) is 0. The van der Waals surface area contributed by atoms with Crippen LogP contribution in [-0.2, 0) is 0 Å². The van der Waals surface area contributed by atoms with E-state index in [0.29, 0.717) is 10.8 Å². The van der Waals surface area contributed by atoms with Crippen LogP contribution in [0.5, 0.6) is 0 Å². The molecular formula is C14H30. The molecule has 0 aromatic heterocycles. The maximum atomic E-state index is 2.46. The van der Waals surface area contributed by atoms with Crippen LogP contribution in [0.3, 0.4) is 0 Å². The van der Waals surface area contributed by atoms with Gasteiger partial charge in [-0.15, -0.1) is 0 Å². The Balaban J connectivity index is 4.80. The van der Waals surface area contributed by atoms with Crippen LogP contribution >= 0.6 is 0 Å². The topological polar surface area (TPSA) is 0 Å². The van der Waals surface area contributed by atoms with Gasteiger partial charge in [0, 0.05) is 0 Å². The van der Waals surface area contributed by atoms with Crippen molar-refractivity contribution in [1.82, 2.24) is 0 Å². The molecule has 0 unspecified atom stereocenters. The summed E-state index contributed by atoms with van der Waals surface area (Å²) in [6.07, 6.45) is 5.22. The smallest absolute Gasteiger partial charge is 0.0300 e. The van der Waals surface area contributed by atoms with E-state index < -0.39 is 0 Å². The second kappa shape index (κ2) is 5.19. The zero-order valence-corrected chi connectivity index (χ0v) is 11.4. The Labute approximate surface area is 91.5 Å². The fourth-order valence-corrected chi connectivity index (χ4v) is 2.57. The summed E-state index contributed by atoms with van der Waals surface area (Å²) in [6, 6.07) is 0. The van der Waals surface area contributed by atoms with Gasteiger partial charge >= 0.3 is 0 Å². The molecule has 0 aliphatic rings. The third-order valence-electron chi connectivity index (χ3n) is 5.32. The lowest BCUT2D eigenvalue weighted by Crippen LogP contribution is -2.36. The first-order valence-corrected chi connectivity index (χ1v) is 6.40. The van der Waals surface area contributed by atoms with E-state index in [1.165, 1.54) is 25.7 Å². The molecule has 0 N–H and O–H groups in total. The van der Waals surface area contributed by atoms with Crippen molar-refractivity contribution in [3.63, 3.8) is 0 Å². The van der Waals surface area contributed by atoms with Gasteiger partial charge in [-0.2, -0.15) is 0 Å². The van der Waals surface area contributed by atoms with Crippen molar-refractivity contribution in [2.75, 3.05) is 0 Å². The van der Waals surface area contributed by atoms with E-state index in [9.17, 15) is 0 Å². The van der Waals surface area contributed by atoms with Crippen LogP contribution < -0.4 is 0 Å². The second-order valence-electron chi connectivity index (χ2n) is 5.44. The SMILES string of the molecule is CCC(C)(CC)C(C)C(C)(CC)CC. The van der Waals surface area contributed by atoms with Crippen LogP contribution in [0.15, 0.2) is 0 Å². The highest BCUT2D eigenvalue weighted by Crippen LogP contribution is 2.48. The molecule has 0 bridgehead atoms. The lowest BCUT2D eigenvalue weighted by Gasteiger charge is -2.45. The molecule has 14 heavy (non-hydrogen) atoms. The van der Waals surface area contributed by atoms with Gasteiger partial charge in [0.2, 0.25) is 0 Å². The summed E-state index contributed by atoms with van der Waals surface area (Å²) in [6.45, 7) is 16.7. The molecule has 86 valence electrons. The summed E-state index contributed by atoms with van der Waals surface area (Å²) >= 11 is 0. The van der Waals surface area contributed by atoms with Gasteiger partial charge in [-0.05, 0) is 16.7 Å². The minimum atomic E-state index is 0.529. The lowest BCUT2D eigenvalue weighted by molar-refractivity contribution is 0.0450. The van der Waals surface area contributed by atoms with Crippen molar-refractivity contribution in [1.29, 1.82) is 0 Å². The Morgan fingerprint density at radius 3 is 1.07 bits per heavy atom. The molecule has 0 saturated carbocycles. The maximum Gasteiger partial charge on any atom is -0.0300 e. The summed E-state index contributed by atoms with van der Waals surface area (Å²) < 4.78 is 0. The minimum absolute atomic E-state index is 0.529. The largest absolute Gasteiger partial charge is 0.0649 e. The fraction of sp³-hybridized carbons (Fsp3) is 1.00. The van der Waals surface area contributed by atoms with Crippen molar-refractivity contribution < 1.29 is 0 Å². The first-order chi connectivity index (χ1) is 6.40. The van der Waals surface area contributed by atoms with E-state index in [4.69, 9.17) is 0 Å². The third kappa shape index (κ3) is 2.52. The molecule has 0 aromatic carbocycles. The Hall–Kier alpha value is 0. The molecule has 0 nitrogen and oxygen atoms in total. The molecule has 0 spiro atoms. The predicted octanol–water partition coefficient (Wildman–Crippen LogP) is 5.28. The average Bonchev–Trinajstić information content (AvgIpc) is 2.25. The Kier molecular flexibility index (Phi) is 5.19. The Morgan fingerprint density at radius 1 is 0.714 bits per heavy atom. The van der Waals surface area contributed by atoms with Crippen LogP contribution in [0, 0.1) is 16.7 Å². The average molecular weight is 198 g/mol. The molecule has 0 saturated heterocycles. The van der Waals surface area contributed by atoms with Crippen LogP contribution in [0.1, 0.15) is 74.1 Å². The van der Waals surface area contributed by atoms with Gasteiger partial charge < -0.3 is 0 Å². The van der Waals surface area contributed by atoms with Crippen molar-refractivity contribution in [3.8, 4) is 0 Å². The van der Waals surface area contributed by atoms with Crippen LogP contribution in [0.25, 0.3) is 0 Å². The molecule has 0 rings (SSSR count). The van der Waals surface area contributed by atoms with Gasteiger partial charge in [0.25, 0.3) is 0 Å². The maximum absolute atomic E-state index is 2.46. The van der Waals surface area contributed by atoms with E-state index >= 15 is 0 Å². The van der Waals surface area contributed by atoms with E-state index in [1.807, 2.05) is 0 Å². The van der Waals surface area contributed by atoms with Crippen LogP contribution in [0.4, 0.5) is 0 Å². The fourth-order valence-electron chi connectivity index (χ4n) is 2.57. The van der Waals surface area contributed by atoms with E-state index in [0.717, 1.165) is 5.92 Å². The van der Waals surface area contributed by atoms with Crippen molar-refractivity contribution >= 4 is 0 Å². The summed E-state index contributed by atoms with van der Waals surface area (Å²) in [5.41, 5.74) is 1.06. The van der Waals surface area contributed by atoms with Gasteiger partial charge in [-0.1, -0.05) is 74.1 Å². The van der Waals surface area contributed by atoms with Crippen molar-refractivity contribution in [2.45, 2.75) is 74.1 Å². The highest BCUT2D eigenvalue weighted by atomic mass is 14.4. The zero-order chi connectivity index (χ0) is 11.4. The molecule has 0 atom stereocenters. The van der Waals surface area contributed by atoms with Crippen molar-refractivity contribution in [3.05, 3.63) is 0 Å². The van der Waals surface area contributed by atoms with E-state index in [-0.39, 0.29) is 0 Å². The monoisotopic (exact) mass is 198 g/mol. The molecule has 0 radical (unpaired) electrons. The minimum Gasteiger partial charge on any atom is -0.0649 e. The van der Waals surface area contributed by atoms with Gasteiger partial charge in [0.15, 0.2) is 0 Å². The summed E-state index contributed by atoms with van der Waals surface area (Å²) in [5, 5.41) is 0. The molecule has 0 aromatic rings. The van der Waals surface area contributed by atoms with Gasteiger partial charge in [-0.25, -0.2) is 0 Å². The standard InChI is InChI=1S/C14H30/c1-8-13(6,9-2)12(5)14(7,10-3)11-4/h12H,8-11H2,1-7H3. The molecule has 0 heterocycles. The van der Waals surface area contributed by atoms with Gasteiger partial charge in [0.05, 0.1) is 0 Å². The first kappa shape index (κ1) is 14.0. The van der Waals surface area contributed by atoms with Crippen molar-refractivity contribution in [2.24, 2.45) is 16.7 Å². The molecule has 0 heteroatoms. The molecule has 0 fully saturated rings. The molecular weight excluding hydrogens is 168 g/mol. The van der Waals surface area contributed by atoms with Gasteiger partial charge in [-0.3, -0.25) is 0 Å². The number of hydrogen-bond acceptors (Lipinski definition) is 0. The Morgan fingerprint density at radius 2 is 0.929 bits per heavy atom. The predicted molar refractivity (Wildman–Crippen MR) is 66.5 cm³/mol. The van der Waals surface area contributed by atoms with E-state index in [2.05, 4.69) is 48.5 Å². The summed E-state index contributed by atoms with van der Waals surface area (Å²) in [5.74, 6) is 0.819. The number of hydrogen-bond donors (Lipinski definition) is 0. The highest BCUT2D eigenvalue weighted by Gasteiger charge is 2.38. The second-order valence-corrected chi connectivity index (χ2v) is 5.44. The first-order valence-electron chi connectivity index (χ1n) is 6.40. The molecule has 0 aliphatic heterocycles. The normalized spacial score (nSPS) is 13.7. The van der Waals surface area contributed by atoms with Crippen LogP contribution in [0.2, 0.25) is 0 Å². The molecule has 0 amide bonds. The quantitative estimate of drug-likeness (QED) is 0.545. The van der Waals surface area contributed by atoms with Crippen LogP contribution in [-0.4, -0.2) is 0 Å². The molecule has 0 aliphatic carbocycles. The van der Waals surface area contributed by atoms with Gasteiger partial charge in [0.1, 0.15) is 0 Å². The third-order valence-corrected chi connectivity index (χ3v) is 5.32. The summed E-state index contributed by atoms with van der Waals surface area (Å²) in [7, 11) is 0. The lowest BCUT2D eigenvalue weighted by atomic mass is 9.60. The zero-order valence-electron chi connectivity index (χ0n) is 11.4. The number of rotatable bonds is 6. The Bertz CT molecular complexity index is 131. The highest BCUT2D eigenvalue weighted by molar-refractivity contribution is 4.88. The van der Waals surface area contributed by atoms with E-state index in [1.54, 1.807) is 0 Å².